The van der Waals surface area contributed by atoms with Crippen LogP contribution in [0.15, 0.2) is 24.3 Å². The molecule has 1 aromatic rings. The van der Waals surface area contributed by atoms with Crippen LogP contribution in [0, 0.1) is 0 Å². The van der Waals surface area contributed by atoms with Gasteiger partial charge in [-0.25, -0.2) is 0 Å². The molecule has 0 aliphatic rings. The third-order valence-corrected chi connectivity index (χ3v) is 2.52. The van der Waals surface area contributed by atoms with Gasteiger partial charge in [0.05, 0.1) is 6.61 Å². The van der Waals surface area contributed by atoms with Crippen molar-refractivity contribution in [3.8, 4) is 0 Å². The quantitative estimate of drug-likeness (QED) is 0.774. The Labute approximate surface area is 92.5 Å². The SMILES string of the molecule is CCCCN(C)Cc1cccc(CO)c1. The van der Waals surface area contributed by atoms with Crippen LogP contribution in [0.5, 0.6) is 0 Å². The summed E-state index contributed by atoms with van der Waals surface area (Å²) in [6, 6.07) is 8.15. The van der Waals surface area contributed by atoms with Gasteiger partial charge in [0.1, 0.15) is 0 Å². The highest BCUT2D eigenvalue weighted by atomic mass is 16.3. The molecule has 1 N–H and O–H groups in total. The van der Waals surface area contributed by atoms with Gasteiger partial charge in [0.25, 0.3) is 0 Å². The van der Waals surface area contributed by atoms with Crippen LogP contribution in [0.2, 0.25) is 0 Å². The molecule has 0 bridgehead atoms. The lowest BCUT2D eigenvalue weighted by Gasteiger charge is -2.16. The second kappa shape index (κ2) is 6.59. The zero-order valence-electron chi connectivity index (χ0n) is 9.74. The standard InChI is InChI=1S/C13H21NO/c1-3-4-8-14(2)10-12-6-5-7-13(9-12)11-15/h5-7,9,15H,3-4,8,10-11H2,1-2H3. The molecule has 0 unspecified atom stereocenters. The molecule has 0 aliphatic heterocycles. The van der Waals surface area contributed by atoms with E-state index in [2.05, 4.69) is 31.0 Å². The predicted molar refractivity (Wildman–Crippen MR) is 63.6 cm³/mol. The fraction of sp³-hybridized carbons (Fsp3) is 0.538. The molecule has 0 aromatic heterocycles. The summed E-state index contributed by atoms with van der Waals surface area (Å²) in [5.41, 5.74) is 2.27. The van der Waals surface area contributed by atoms with E-state index in [1.54, 1.807) is 0 Å². The molecular formula is C13H21NO. The second-order valence-corrected chi connectivity index (χ2v) is 4.07. The summed E-state index contributed by atoms with van der Waals surface area (Å²) >= 11 is 0. The van der Waals surface area contributed by atoms with E-state index >= 15 is 0 Å². The Balaban J connectivity index is 2.48. The van der Waals surface area contributed by atoms with Gasteiger partial charge in [0, 0.05) is 6.54 Å². The first-order chi connectivity index (χ1) is 7.26. The van der Waals surface area contributed by atoms with E-state index in [1.807, 2.05) is 12.1 Å². The molecule has 15 heavy (non-hydrogen) atoms. The summed E-state index contributed by atoms with van der Waals surface area (Å²) in [7, 11) is 2.14. The topological polar surface area (TPSA) is 23.5 Å². The molecule has 1 aromatic carbocycles. The van der Waals surface area contributed by atoms with Crippen LogP contribution < -0.4 is 0 Å². The molecule has 1 rings (SSSR count). The van der Waals surface area contributed by atoms with E-state index in [0.29, 0.717) is 0 Å². The maximum absolute atomic E-state index is 9.02. The van der Waals surface area contributed by atoms with E-state index in [9.17, 15) is 0 Å². The van der Waals surface area contributed by atoms with Crippen LogP contribution in [0.25, 0.3) is 0 Å². The van der Waals surface area contributed by atoms with Crippen molar-refractivity contribution in [2.75, 3.05) is 13.6 Å². The van der Waals surface area contributed by atoms with Crippen molar-refractivity contribution in [1.82, 2.24) is 4.90 Å². The molecule has 0 amide bonds. The van der Waals surface area contributed by atoms with Gasteiger partial charge in [0.2, 0.25) is 0 Å². The van der Waals surface area contributed by atoms with Crippen LogP contribution in [0.3, 0.4) is 0 Å². The third kappa shape index (κ3) is 4.45. The molecular weight excluding hydrogens is 186 g/mol. The van der Waals surface area contributed by atoms with Crippen LogP contribution >= 0.6 is 0 Å². The van der Waals surface area contributed by atoms with Gasteiger partial charge in [-0.05, 0) is 31.1 Å². The largest absolute Gasteiger partial charge is 0.392 e. The summed E-state index contributed by atoms with van der Waals surface area (Å²) in [4.78, 5) is 2.32. The zero-order valence-corrected chi connectivity index (χ0v) is 9.74. The molecule has 0 atom stereocenters. The van der Waals surface area contributed by atoms with Gasteiger partial charge in [-0.1, -0.05) is 37.6 Å². The number of hydrogen-bond acceptors (Lipinski definition) is 2. The van der Waals surface area contributed by atoms with Gasteiger partial charge >= 0.3 is 0 Å². The molecule has 0 saturated carbocycles. The highest BCUT2D eigenvalue weighted by molar-refractivity contribution is 5.22. The number of unbranched alkanes of at least 4 members (excludes halogenated alkanes) is 1. The van der Waals surface area contributed by atoms with Crippen LogP contribution in [-0.2, 0) is 13.2 Å². The Morgan fingerprint density at radius 3 is 2.67 bits per heavy atom. The van der Waals surface area contributed by atoms with Gasteiger partial charge in [-0.2, -0.15) is 0 Å². The van der Waals surface area contributed by atoms with E-state index in [0.717, 1.165) is 18.7 Å². The van der Waals surface area contributed by atoms with E-state index < -0.39 is 0 Å². The summed E-state index contributed by atoms with van der Waals surface area (Å²) in [6.07, 6.45) is 2.48. The number of nitrogens with zero attached hydrogens (tertiary/aromatic N) is 1. The van der Waals surface area contributed by atoms with Crippen LogP contribution in [0.4, 0.5) is 0 Å². The van der Waals surface area contributed by atoms with Crippen molar-refractivity contribution in [3.63, 3.8) is 0 Å². The molecule has 2 nitrogen and oxygen atoms in total. The minimum absolute atomic E-state index is 0.131. The van der Waals surface area contributed by atoms with Crippen LogP contribution in [-0.4, -0.2) is 23.6 Å². The first-order valence-electron chi connectivity index (χ1n) is 5.63. The lowest BCUT2D eigenvalue weighted by molar-refractivity contribution is 0.281. The van der Waals surface area contributed by atoms with Crippen molar-refractivity contribution in [2.45, 2.75) is 32.9 Å². The highest BCUT2D eigenvalue weighted by Gasteiger charge is 2.00. The van der Waals surface area contributed by atoms with Crippen LogP contribution in [0.1, 0.15) is 30.9 Å². The van der Waals surface area contributed by atoms with Crippen molar-refractivity contribution in [1.29, 1.82) is 0 Å². The lowest BCUT2D eigenvalue weighted by Crippen LogP contribution is -2.18. The van der Waals surface area contributed by atoms with E-state index in [1.165, 1.54) is 18.4 Å². The monoisotopic (exact) mass is 207 g/mol. The molecule has 2 heteroatoms. The van der Waals surface area contributed by atoms with E-state index in [4.69, 9.17) is 5.11 Å². The van der Waals surface area contributed by atoms with Gasteiger partial charge < -0.3 is 10.0 Å². The van der Waals surface area contributed by atoms with E-state index in [-0.39, 0.29) is 6.61 Å². The minimum Gasteiger partial charge on any atom is -0.392 e. The Morgan fingerprint density at radius 2 is 2.00 bits per heavy atom. The second-order valence-electron chi connectivity index (χ2n) is 4.07. The Morgan fingerprint density at radius 1 is 1.27 bits per heavy atom. The molecule has 0 saturated heterocycles. The van der Waals surface area contributed by atoms with Crippen molar-refractivity contribution in [2.24, 2.45) is 0 Å². The maximum atomic E-state index is 9.02. The Bertz CT molecular complexity index is 286. The minimum atomic E-state index is 0.131. The Hall–Kier alpha value is -0.860. The summed E-state index contributed by atoms with van der Waals surface area (Å²) in [5.74, 6) is 0. The lowest BCUT2D eigenvalue weighted by atomic mass is 10.1. The van der Waals surface area contributed by atoms with Gasteiger partial charge in [-0.15, -0.1) is 0 Å². The number of benzene rings is 1. The average molecular weight is 207 g/mol. The molecule has 0 heterocycles. The smallest absolute Gasteiger partial charge is 0.0681 e. The molecule has 0 fully saturated rings. The average Bonchev–Trinajstić information content (AvgIpc) is 2.26. The fourth-order valence-corrected chi connectivity index (χ4v) is 1.65. The van der Waals surface area contributed by atoms with Gasteiger partial charge in [-0.3, -0.25) is 0 Å². The zero-order chi connectivity index (χ0) is 11.1. The van der Waals surface area contributed by atoms with Crippen molar-refractivity contribution in [3.05, 3.63) is 35.4 Å². The fourth-order valence-electron chi connectivity index (χ4n) is 1.65. The maximum Gasteiger partial charge on any atom is 0.0681 e. The normalized spacial score (nSPS) is 10.9. The number of rotatable bonds is 6. The summed E-state index contributed by atoms with van der Waals surface area (Å²) < 4.78 is 0. The third-order valence-electron chi connectivity index (χ3n) is 2.52. The number of aliphatic hydroxyl groups is 1. The van der Waals surface area contributed by atoms with Crippen molar-refractivity contribution >= 4 is 0 Å². The Kier molecular flexibility index (Phi) is 5.37. The molecule has 0 radical (unpaired) electrons. The molecule has 84 valence electrons. The predicted octanol–water partition coefficient (Wildman–Crippen LogP) is 2.41. The molecule has 0 spiro atoms. The summed E-state index contributed by atoms with van der Waals surface area (Å²) in [5, 5.41) is 9.02. The number of hydrogen-bond donors (Lipinski definition) is 1. The number of aliphatic hydroxyl groups excluding tert-OH is 1. The van der Waals surface area contributed by atoms with Crippen molar-refractivity contribution < 1.29 is 5.11 Å². The highest BCUT2D eigenvalue weighted by Crippen LogP contribution is 2.08. The summed E-state index contributed by atoms with van der Waals surface area (Å²) in [6.45, 7) is 4.44. The van der Waals surface area contributed by atoms with Gasteiger partial charge in [0.15, 0.2) is 0 Å². The first-order valence-corrected chi connectivity index (χ1v) is 5.63. The first kappa shape index (κ1) is 12.2. The molecule has 0 aliphatic carbocycles.